The molecule has 0 aliphatic heterocycles. The number of pyridine rings is 1. The first-order valence-electron chi connectivity index (χ1n) is 4.93. The van der Waals surface area contributed by atoms with Crippen LogP contribution in [0.4, 0.5) is 5.69 Å². The standard InChI is InChI=1S/C11H16N2O3/c1-11(2,10(14)15)7-13-8-4-5-12-9(6-8)16-3/h4-6H,7H2,1-3H3,(H,12,13)(H,14,15). The molecular formula is C11H16N2O3. The Morgan fingerprint density at radius 1 is 1.62 bits per heavy atom. The van der Waals surface area contributed by atoms with Crippen molar-refractivity contribution >= 4 is 11.7 Å². The molecule has 0 radical (unpaired) electrons. The minimum atomic E-state index is -0.832. The summed E-state index contributed by atoms with van der Waals surface area (Å²) in [6.07, 6.45) is 1.61. The number of aliphatic carboxylic acids is 1. The molecule has 0 aliphatic carbocycles. The van der Waals surface area contributed by atoms with Gasteiger partial charge in [-0.3, -0.25) is 4.79 Å². The number of hydrogen-bond acceptors (Lipinski definition) is 4. The highest BCUT2D eigenvalue weighted by atomic mass is 16.5. The molecule has 16 heavy (non-hydrogen) atoms. The van der Waals surface area contributed by atoms with E-state index >= 15 is 0 Å². The van der Waals surface area contributed by atoms with Crippen LogP contribution in [0.2, 0.25) is 0 Å². The zero-order valence-corrected chi connectivity index (χ0v) is 9.65. The molecule has 0 fully saturated rings. The van der Waals surface area contributed by atoms with Crippen LogP contribution in [-0.2, 0) is 4.79 Å². The predicted octanol–water partition coefficient (Wildman–Crippen LogP) is 1.61. The molecule has 88 valence electrons. The topological polar surface area (TPSA) is 71.5 Å². The molecule has 0 aromatic carbocycles. The molecule has 2 N–H and O–H groups in total. The molecule has 0 atom stereocenters. The molecule has 1 aromatic rings. The highest BCUT2D eigenvalue weighted by molar-refractivity contribution is 5.74. The van der Waals surface area contributed by atoms with Crippen molar-refractivity contribution in [2.45, 2.75) is 13.8 Å². The number of aromatic nitrogens is 1. The number of carbonyl (C=O) groups is 1. The number of methoxy groups -OCH3 is 1. The Morgan fingerprint density at radius 3 is 2.88 bits per heavy atom. The van der Waals surface area contributed by atoms with E-state index in [4.69, 9.17) is 9.84 Å². The quantitative estimate of drug-likeness (QED) is 0.795. The molecule has 0 amide bonds. The van der Waals surface area contributed by atoms with Gasteiger partial charge in [0, 0.05) is 24.5 Å². The molecule has 0 aliphatic rings. The van der Waals surface area contributed by atoms with Crippen molar-refractivity contribution in [3.8, 4) is 5.88 Å². The third-order valence-corrected chi connectivity index (χ3v) is 2.26. The number of nitrogens with zero attached hydrogens (tertiary/aromatic N) is 1. The minimum absolute atomic E-state index is 0.343. The molecule has 1 heterocycles. The summed E-state index contributed by atoms with van der Waals surface area (Å²) in [5.41, 5.74) is -0.0163. The Kier molecular flexibility index (Phi) is 3.71. The maximum Gasteiger partial charge on any atom is 0.310 e. The van der Waals surface area contributed by atoms with E-state index in [2.05, 4.69) is 10.3 Å². The van der Waals surface area contributed by atoms with Crippen molar-refractivity contribution < 1.29 is 14.6 Å². The van der Waals surface area contributed by atoms with Gasteiger partial charge in [0.1, 0.15) is 0 Å². The second kappa shape index (κ2) is 4.83. The number of hydrogen-bond donors (Lipinski definition) is 2. The van der Waals surface area contributed by atoms with Gasteiger partial charge in [0.2, 0.25) is 5.88 Å². The lowest BCUT2D eigenvalue weighted by Crippen LogP contribution is -2.31. The first-order valence-corrected chi connectivity index (χ1v) is 4.93. The SMILES string of the molecule is COc1cc(NCC(C)(C)C(=O)O)ccn1. The summed E-state index contributed by atoms with van der Waals surface area (Å²) in [6, 6.07) is 3.48. The lowest BCUT2D eigenvalue weighted by molar-refractivity contribution is -0.146. The Morgan fingerprint density at radius 2 is 2.31 bits per heavy atom. The van der Waals surface area contributed by atoms with Gasteiger partial charge in [-0.05, 0) is 19.9 Å². The number of carboxylic acid groups (broad SMARTS) is 1. The smallest absolute Gasteiger partial charge is 0.310 e. The largest absolute Gasteiger partial charge is 0.481 e. The van der Waals surface area contributed by atoms with Gasteiger partial charge < -0.3 is 15.2 Å². The van der Waals surface area contributed by atoms with Crippen LogP contribution in [0, 0.1) is 5.41 Å². The van der Waals surface area contributed by atoms with Crippen LogP contribution >= 0.6 is 0 Å². The molecule has 5 nitrogen and oxygen atoms in total. The third-order valence-electron chi connectivity index (χ3n) is 2.26. The molecule has 0 bridgehead atoms. The molecule has 0 saturated heterocycles. The third kappa shape index (κ3) is 3.12. The fourth-order valence-electron chi connectivity index (χ4n) is 1.03. The van der Waals surface area contributed by atoms with Crippen molar-refractivity contribution in [2.24, 2.45) is 5.41 Å². The van der Waals surface area contributed by atoms with Gasteiger partial charge in [-0.25, -0.2) is 4.98 Å². The van der Waals surface area contributed by atoms with E-state index < -0.39 is 11.4 Å². The number of nitrogens with one attached hydrogen (secondary N) is 1. The van der Waals surface area contributed by atoms with E-state index in [0.717, 1.165) is 5.69 Å². The predicted molar refractivity (Wildman–Crippen MR) is 60.7 cm³/mol. The first-order chi connectivity index (χ1) is 7.45. The van der Waals surface area contributed by atoms with Crippen LogP contribution in [0.5, 0.6) is 5.88 Å². The Labute approximate surface area is 94.5 Å². The fraction of sp³-hybridized carbons (Fsp3) is 0.455. The van der Waals surface area contributed by atoms with E-state index in [0.29, 0.717) is 12.4 Å². The molecular weight excluding hydrogens is 208 g/mol. The van der Waals surface area contributed by atoms with Crippen molar-refractivity contribution in [2.75, 3.05) is 19.0 Å². The van der Waals surface area contributed by atoms with E-state index in [1.807, 2.05) is 0 Å². The molecule has 5 heteroatoms. The summed E-state index contributed by atoms with van der Waals surface area (Å²) in [5, 5.41) is 12.0. The highest BCUT2D eigenvalue weighted by Crippen LogP contribution is 2.18. The van der Waals surface area contributed by atoms with Gasteiger partial charge in [0.15, 0.2) is 0 Å². The van der Waals surface area contributed by atoms with Crippen LogP contribution in [0.15, 0.2) is 18.3 Å². The van der Waals surface area contributed by atoms with Crippen molar-refractivity contribution in [3.05, 3.63) is 18.3 Å². The molecule has 0 saturated carbocycles. The summed E-state index contributed by atoms with van der Waals surface area (Å²) in [7, 11) is 1.54. The Bertz CT molecular complexity index is 377. The van der Waals surface area contributed by atoms with Gasteiger partial charge in [-0.15, -0.1) is 0 Å². The van der Waals surface area contributed by atoms with Crippen LogP contribution in [0.3, 0.4) is 0 Å². The minimum Gasteiger partial charge on any atom is -0.481 e. The zero-order chi connectivity index (χ0) is 12.2. The summed E-state index contributed by atoms with van der Waals surface area (Å²) in [6.45, 7) is 3.68. The number of rotatable bonds is 5. The second-order valence-corrected chi connectivity index (χ2v) is 4.13. The van der Waals surface area contributed by atoms with E-state index in [9.17, 15) is 4.79 Å². The lowest BCUT2D eigenvalue weighted by Gasteiger charge is -2.20. The maximum absolute atomic E-state index is 10.9. The number of anilines is 1. The Balaban J connectivity index is 2.64. The average molecular weight is 224 g/mol. The van der Waals surface area contributed by atoms with Gasteiger partial charge in [-0.2, -0.15) is 0 Å². The van der Waals surface area contributed by atoms with Crippen LogP contribution < -0.4 is 10.1 Å². The Hall–Kier alpha value is -1.78. The molecule has 0 spiro atoms. The fourth-order valence-corrected chi connectivity index (χ4v) is 1.03. The lowest BCUT2D eigenvalue weighted by atomic mass is 9.94. The van der Waals surface area contributed by atoms with Crippen molar-refractivity contribution in [1.82, 2.24) is 4.98 Å². The number of ether oxygens (including phenoxy) is 1. The maximum atomic E-state index is 10.9. The zero-order valence-electron chi connectivity index (χ0n) is 9.65. The van der Waals surface area contributed by atoms with Gasteiger partial charge >= 0.3 is 5.97 Å². The van der Waals surface area contributed by atoms with Gasteiger partial charge in [-0.1, -0.05) is 0 Å². The highest BCUT2D eigenvalue weighted by Gasteiger charge is 2.26. The first kappa shape index (κ1) is 12.3. The van der Waals surface area contributed by atoms with E-state index in [1.54, 1.807) is 32.2 Å². The van der Waals surface area contributed by atoms with Gasteiger partial charge in [0.25, 0.3) is 0 Å². The summed E-state index contributed by atoms with van der Waals surface area (Å²) < 4.78 is 4.97. The van der Waals surface area contributed by atoms with Crippen LogP contribution in [-0.4, -0.2) is 29.7 Å². The second-order valence-electron chi connectivity index (χ2n) is 4.13. The monoisotopic (exact) mass is 224 g/mol. The van der Waals surface area contributed by atoms with Crippen LogP contribution in [0.1, 0.15) is 13.8 Å². The van der Waals surface area contributed by atoms with E-state index in [1.165, 1.54) is 7.11 Å². The van der Waals surface area contributed by atoms with E-state index in [-0.39, 0.29) is 0 Å². The molecule has 0 unspecified atom stereocenters. The van der Waals surface area contributed by atoms with Crippen molar-refractivity contribution in [3.63, 3.8) is 0 Å². The summed E-state index contributed by atoms with van der Waals surface area (Å²) >= 11 is 0. The number of carboxylic acids is 1. The molecule has 1 aromatic heterocycles. The summed E-state index contributed by atoms with van der Waals surface area (Å²) in [5.74, 6) is -0.334. The summed E-state index contributed by atoms with van der Waals surface area (Å²) in [4.78, 5) is 14.8. The van der Waals surface area contributed by atoms with Gasteiger partial charge in [0.05, 0.1) is 12.5 Å². The van der Waals surface area contributed by atoms with Crippen molar-refractivity contribution in [1.29, 1.82) is 0 Å². The van der Waals surface area contributed by atoms with Crippen LogP contribution in [0.25, 0.3) is 0 Å². The normalized spacial score (nSPS) is 10.9. The molecule has 1 rings (SSSR count). The average Bonchev–Trinajstić information content (AvgIpc) is 2.26.